The fraction of sp³-hybridized carbons (Fsp3) is 0.769. The minimum atomic E-state index is -1.22. The second-order valence-corrected chi connectivity index (χ2v) is 10.5. The molecule has 5 amide bonds. The van der Waals surface area contributed by atoms with Crippen molar-refractivity contribution >= 4 is 35.5 Å². The fourth-order valence-corrected chi connectivity index (χ4v) is 3.64. The van der Waals surface area contributed by atoms with Crippen molar-refractivity contribution < 1.29 is 39.0 Å². The number of carboxylic acids is 1. The van der Waals surface area contributed by atoms with Crippen LogP contribution in [0.3, 0.4) is 0 Å². The van der Waals surface area contributed by atoms with E-state index in [1.807, 2.05) is 6.92 Å². The van der Waals surface area contributed by atoms with Crippen LogP contribution in [0.4, 0.5) is 0 Å². The zero-order chi connectivity index (χ0) is 31.9. The molecule has 11 N–H and O–H groups in total. The summed E-state index contributed by atoms with van der Waals surface area (Å²) in [6, 6.07) is -6.66. The van der Waals surface area contributed by atoms with Crippen molar-refractivity contribution in [3.05, 3.63) is 0 Å². The molecule has 0 unspecified atom stereocenters. The Morgan fingerprint density at radius 1 is 0.707 bits per heavy atom. The summed E-state index contributed by atoms with van der Waals surface area (Å²) in [5.74, 6) is -5.34. The average molecular weight is 588 g/mol. The molecule has 15 nitrogen and oxygen atoms in total. The lowest BCUT2D eigenvalue weighted by molar-refractivity contribution is -0.143. The van der Waals surface area contributed by atoms with E-state index < -0.39 is 78.4 Å². The lowest BCUT2D eigenvalue weighted by atomic mass is 9.97. The van der Waals surface area contributed by atoms with Crippen LogP contribution in [0.25, 0.3) is 0 Å². The fourth-order valence-electron chi connectivity index (χ4n) is 3.64. The molecule has 0 spiro atoms. The number of amides is 5. The topological polar surface area (TPSA) is 255 Å². The molecule has 0 aromatic heterocycles. The van der Waals surface area contributed by atoms with Gasteiger partial charge in [0.25, 0.3) is 0 Å². The summed E-state index contributed by atoms with van der Waals surface area (Å²) in [5.41, 5.74) is 11.1. The van der Waals surface area contributed by atoms with E-state index in [1.165, 1.54) is 13.8 Å². The van der Waals surface area contributed by atoms with Crippen LogP contribution in [0.1, 0.15) is 67.2 Å². The first-order valence-corrected chi connectivity index (χ1v) is 13.9. The molecule has 0 aromatic rings. The van der Waals surface area contributed by atoms with Crippen LogP contribution in [0.15, 0.2) is 0 Å². The van der Waals surface area contributed by atoms with Crippen LogP contribution in [0, 0.1) is 11.8 Å². The molecule has 41 heavy (non-hydrogen) atoms. The van der Waals surface area contributed by atoms with Crippen molar-refractivity contribution in [2.24, 2.45) is 23.3 Å². The molecule has 0 heterocycles. The van der Waals surface area contributed by atoms with Gasteiger partial charge in [0.15, 0.2) is 0 Å². The number of carboxylic acid groups (broad SMARTS) is 1. The van der Waals surface area contributed by atoms with Gasteiger partial charge in [0.1, 0.15) is 36.3 Å². The molecular formula is C26H49N7O8. The SMILES string of the molecule is CC[C@H](C)[C@H](NC(=O)[C@@H](N)CO)C(=O)N[C@@H](CCCCN)C(=O)N[C@@H](C)C(=O)N[C@@H](C)C(=O)N[C@H](C(=O)O)C(C)C. The Morgan fingerprint density at radius 3 is 1.68 bits per heavy atom. The van der Waals surface area contributed by atoms with Gasteiger partial charge in [-0.3, -0.25) is 24.0 Å². The van der Waals surface area contributed by atoms with Gasteiger partial charge in [-0.15, -0.1) is 0 Å². The zero-order valence-corrected chi connectivity index (χ0v) is 24.9. The van der Waals surface area contributed by atoms with Crippen molar-refractivity contribution in [2.45, 2.75) is 103 Å². The number of nitrogens with two attached hydrogens (primary N) is 2. The highest BCUT2D eigenvalue weighted by Crippen LogP contribution is 2.10. The number of aliphatic hydroxyl groups is 1. The summed E-state index contributed by atoms with van der Waals surface area (Å²) in [6.45, 7) is 9.35. The van der Waals surface area contributed by atoms with Gasteiger partial charge in [0, 0.05) is 0 Å². The molecule has 236 valence electrons. The van der Waals surface area contributed by atoms with Crippen LogP contribution in [-0.2, 0) is 28.8 Å². The van der Waals surface area contributed by atoms with Crippen molar-refractivity contribution in [1.82, 2.24) is 26.6 Å². The number of nitrogens with one attached hydrogen (secondary N) is 5. The standard InChI is InChI=1S/C26H49N7O8/c1-7-14(4)20(33-23(37)17(28)12-34)25(39)31-18(10-8-9-11-27)24(38)30-15(5)21(35)29-16(6)22(36)32-19(13(2)3)26(40)41/h13-20,34H,7-12,27-28H2,1-6H3,(H,29,35)(H,30,38)(H,31,39)(H,32,36)(H,33,37)(H,40,41)/t14-,15-,16-,17-,18-,19-,20-/m0/s1. The third kappa shape index (κ3) is 13.3. The number of rotatable bonds is 19. The smallest absolute Gasteiger partial charge is 0.326 e. The van der Waals surface area contributed by atoms with E-state index in [-0.39, 0.29) is 18.3 Å². The summed E-state index contributed by atoms with van der Waals surface area (Å²) in [5, 5.41) is 30.9. The predicted octanol–water partition coefficient (Wildman–Crippen LogP) is -2.31. The molecule has 0 radical (unpaired) electrons. The lowest BCUT2D eigenvalue weighted by Gasteiger charge is -2.28. The number of carbonyl (C=O) groups is 6. The first kappa shape index (κ1) is 37.7. The van der Waals surface area contributed by atoms with Gasteiger partial charge in [-0.2, -0.15) is 0 Å². The molecule has 0 bridgehead atoms. The van der Waals surface area contributed by atoms with E-state index in [2.05, 4.69) is 26.6 Å². The molecule has 0 aliphatic rings. The maximum atomic E-state index is 13.2. The summed E-state index contributed by atoms with van der Waals surface area (Å²) < 4.78 is 0. The number of aliphatic carboxylic acids is 1. The number of carbonyl (C=O) groups excluding carboxylic acids is 5. The van der Waals surface area contributed by atoms with Crippen molar-refractivity contribution in [2.75, 3.05) is 13.2 Å². The molecule has 0 rings (SSSR count). The molecule has 15 heteroatoms. The van der Waals surface area contributed by atoms with Gasteiger partial charge in [0.2, 0.25) is 29.5 Å². The maximum absolute atomic E-state index is 13.2. The first-order chi connectivity index (χ1) is 19.1. The Labute approximate surface area is 241 Å². The van der Waals surface area contributed by atoms with Gasteiger partial charge in [-0.1, -0.05) is 34.1 Å². The van der Waals surface area contributed by atoms with E-state index in [4.69, 9.17) is 16.6 Å². The van der Waals surface area contributed by atoms with Gasteiger partial charge in [-0.25, -0.2) is 4.79 Å². The molecule has 0 saturated heterocycles. The number of unbranched alkanes of at least 4 members (excludes halogenated alkanes) is 1. The van der Waals surface area contributed by atoms with Crippen LogP contribution < -0.4 is 38.1 Å². The minimum Gasteiger partial charge on any atom is -0.480 e. The highest BCUT2D eigenvalue weighted by Gasteiger charge is 2.32. The van der Waals surface area contributed by atoms with E-state index in [1.54, 1.807) is 20.8 Å². The Balaban J connectivity index is 5.48. The summed E-state index contributed by atoms with van der Waals surface area (Å²) in [6.07, 6.45) is 1.78. The molecular weight excluding hydrogens is 538 g/mol. The van der Waals surface area contributed by atoms with E-state index in [0.717, 1.165) is 0 Å². The molecule has 0 saturated carbocycles. The second-order valence-electron chi connectivity index (χ2n) is 10.5. The number of hydrogen-bond acceptors (Lipinski definition) is 9. The largest absolute Gasteiger partial charge is 0.480 e. The summed E-state index contributed by atoms with van der Waals surface area (Å²) >= 11 is 0. The Morgan fingerprint density at radius 2 is 1.22 bits per heavy atom. The Kier molecular flexibility index (Phi) is 17.4. The third-order valence-corrected chi connectivity index (χ3v) is 6.64. The minimum absolute atomic E-state index is 0.199. The summed E-state index contributed by atoms with van der Waals surface area (Å²) in [7, 11) is 0. The lowest BCUT2D eigenvalue weighted by Crippen LogP contribution is -2.59. The van der Waals surface area contributed by atoms with Crippen LogP contribution in [0.2, 0.25) is 0 Å². The Bertz CT molecular complexity index is 901. The molecule has 7 atom stereocenters. The highest BCUT2D eigenvalue weighted by atomic mass is 16.4. The first-order valence-electron chi connectivity index (χ1n) is 13.9. The van der Waals surface area contributed by atoms with Crippen LogP contribution in [-0.4, -0.2) is 95.1 Å². The molecule has 0 aliphatic carbocycles. The van der Waals surface area contributed by atoms with E-state index >= 15 is 0 Å². The maximum Gasteiger partial charge on any atom is 0.326 e. The molecule has 0 fully saturated rings. The third-order valence-electron chi connectivity index (χ3n) is 6.64. The van der Waals surface area contributed by atoms with Gasteiger partial charge >= 0.3 is 5.97 Å². The number of hydrogen-bond donors (Lipinski definition) is 9. The van der Waals surface area contributed by atoms with E-state index in [0.29, 0.717) is 25.8 Å². The van der Waals surface area contributed by atoms with Gasteiger partial charge in [0.05, 0.1) is 6.61 Å². The van der Waals surface area contributed by atoms with Crippen molar-refractivity contribution in [3.63, 3.8) is 0 Å². The van der Waals surface area contributed by atoms with Crippen molar-refractivity contribution in [3.8, 4) is 0 Å². The monoisotopic (exact) mass is 587 g/mol. The van der Waals surface area contributed by atoms with Gasteiger partial charge < -0.3 is 48.3 Å². The quantitative estimate of drug-likeness (QED) is 0.0729. The zero-order valence-electron chi connectivity index (χ0n) is 24.9. The molecule has 0 aromatic carbocycles. The van der Waals surface area contributed by atoms with E-state index in [9.17, 15) is 33.9 Å². The van der Waals surface area contributed by atoms with Crippen LogP contribution >= 0.6 is 0 Å². The van der Waals surface area contributed by atoms with Crippen LogP contribution in [0.5, 0.6) is 0 Å². The normalized spacial score (nSPS) is 16.2. The number of aliphatic hydroxyl groups excluding tert-OH is 1. The predicted molar refractivity (Wildman–Crippen MR) is 151 cm³/mol. The Hall–Kier alpha value is -3.30. The summed E-state index contributed by atoms with van der Waals surface area (Å²) in [4.78, 5) is 75.0. The molecule has 0 aliphatic heterocycles. The average Bonchev–Trinajstić information content (AvgIpc) is 2.91. The van der Waals surface area contributed by atoms with Crippen molar-refractivity contribution in [1.29, 1.82) is 0 Å². The second kappa shape index (κ2) is 18.9. The highest BCUT2D eigenvalue weighted by molar-refractivity contribution is 5.96. The van der Waals surface area contributed by atoms with Gasteiger partial charge in [-0.05, 0) is 51.5 Å².